The summed E-state index contributed by atoms with van der Waals surface area (Å²) in [5, 5.41) is 0. The van der Waals surface area contributed by atoms with Crippen LogP contribution in [0.2, 0.25) is 0 Å². The van der Waals surface area contributed by atoms with Gasteiger partial charge < -0.3 is 0 Å². The zero-order valence-electron chi connectivity index (χ0n) is 14.4. The van der Waals surface area contributed by atoms with Crippen molar-refractivity contribution in [3.8, 4) is 0 Å². The van der Waals surface area contributed by atoms with E-state index in [1.54, 1.807) is 5.56 Å². The summed E-state index contributed by atoms with van der Waals surface area (Å²) in [6.07, 6.45) is 5.33. The Labute approximate surface area is 137 Å². The Morgan fingerprint density at radius 3 is 1.55 bits per heavy atom. The predicted molar refractivity (Wildman–Crippen MR) is 102 cm³/mol. The molecule has 0 saturated heterocycles. The molecule has 118 valence electrons. The van der Waals surface area contributed by atoms with Crippen LogP contribution in [0.25, 0.3) is 6.08 Å². The third-order valence-corrected chi connectivity index (χ3v) is 3.52. The van der Waals surface area contributed by atoms with Crippen LogP contribution in [-0.4, -0.2) is 0 Å². The van der Waals surface area contributed by atoms with E-state index in [9.17, 15) is 0 Å². The summed E-state index contributed by atoms with van der Waals surface area (Å²) in [4.78, 5) is 0. The lowest BCUT2D eigenvalue weighted by atomic mass is 9.96. The molecule has 2 aromatic carbocycles. The largest absolute Gasteiger partial charge is 0.106 e. The summed E-state index contributed by atoms with van der Waals surface area (Å²) >= 11 is 0. The molecule has 0 amide bonds. The van der Waals surface area contributed by atoms with Crippen molar-refractivity contribution in [2.75, 3.05) is 0 Å². The van der Waals surface area contributed by atoms with Gasteiger partial charge in [0.25, 0.3) is 0 Å². The summed E-state index contributed by atoms with van der Waals surface area (Å²) in [5.74, 6) is 0. The lowest BCUT2D eigenvalue weighted by Crippen LogP contribution is -1.96. The monoisotopic (exact) mass is 294 g/mol. The number of benzene rings is 2. The quantitative estimate of drug-likeness (QED) is 0.564. The maximum absolute atomic E-state index is 3.63. The van der Waals surface area contributed by atoms with Gasteiger partial charge in [-0.05, 0) is 41.5 Å². The predicted octanol–water partition coefficient (Wildman–Crippen LogP) is 6.51. The van der Waals surface area contributed by atoms with Gasteiger partial charge >= 0.3 is 0 Å². The minimum absolute atomic E-state index is 1.16. The minimum Gasteiger partial charge on any atom is -0.106 e. The summed E-state index contributed by atoms with van der Waals surface area (Å²) in [6, 6.07) is 16.7. The standard InChI is InChI=1S/C12H18.C8H8.C2H4/c1-4-10-8-7-9-11(5-2)12(10)6-3;1-2-8-6-4-3-5-7-8;1-2/h7-9H,4-6H2,1-3H3;2-7H,1H2;1-2H2. The highest BCUT2D eigenvalue weighted by Gasteiger charge is 2.02. The molecule has 0 N–H and O–H groups in total. The van der Waals surface area contributed by atoms with E-state index < -0.39 is 0 Å². The first kappa shape index (κ1) is 19.9. The molecular weight excluding hydrogens is 264 g/mol. The van der Waals surface area contributed by atoms with Crippen molar-refractivity contribution in [3.63, 3.8) is 0 Å². The molecular formula is C22H30. The molecule has 0 aliphatic carbocycles. The van der Waals surface area contributed by atoms with Gasteiger partial charge in [0.2, 0.25) is 0 Å². The highest BCUT2D eigenvalue weighted by molar-refractivity contribution is 5.45. The molecule has 0 aromatic heterocycles. The highest BCUT2D eigenvalue weighted by atomic mass is 14.1. The van der Waals surface area contributed by atoms with Crippen molar-refractivity contribution < 1.29 is 0 Å². The van der Waals surface area contributed by atoms with Crippen molar-refractivity contribution in [2.45, 2.75) is 40.0 Å². The summed E-state index contributed by atoms with van der Waals surface area (Å²) in [7, 11) is 0. The van der Waals surface area contributed by atoms with Gasteiger partial charge in [-0.2, -0.15) is 0 Å². The maximum Gasteiger partial charge on any atom is -0.0263 e. The van der Waals surface area contributed by atoms with Crippen LogP contribution < -0.4 is 0 Å². The molecule has 0 spiro atoms. The van der Waals surface area contributed by atoms with Crippen LogP contribution in [0.4, 0.5) is 0 Å². The fourth-order valence-corrected chi connectivity index (χ4v) is 2.39. The first-order chi connectivity index (χ1) is 10.8. The van der Waals surface area contributed by atoms with E-state index in [-0.39, 0.29) is 0 Å². The molecule has 0 atom stereocenters. The van der Waals surface area contributed by atoms with Crippen LogP contribution >= 0.6 is 0 Å². The Kier molecular flexibility index (Phi) is 11.4. The number of aryl methyl sites for hydroxylation is 2. The Hall–Kier alpha value is -2.08. The minimum atomic E-state index is 1.16. The molecule has 0 saturated carbocycles. The van der Waals surface area contributed by atoms with E-state index in [1.807, 2.05) is 36.4 Å². The van der Waals surface area contributed by atoms with E-state index in [0.29, 0.717) is 0 Å². The number of rotatable bonds is 4. The van der Waals surface area contributed by atoms with E-state index in [0.717, 1.165) is 12.8 Å². The Bertz CT molecular complexity index is 501. The third-order valence-electron chi connectivity index (χ3n) is 3.52. The van der Waals surface area contributed by atoms with E-state index >= 15 is 0 Å². The van der Waals surface area contributed by atoms with Gasteiger partial charge in [-0.1, -0.05) is 82.0 Å². The van der Waals surface area contributed by atoms with Crippen molar-refractivity contribution in [1.29, 1.82) is 0 Å². The number of hydrogen-bond acceptors (Lipinski definition) is 0. The lowest BCUT2D eigenvalue weighted by Gasteiger charge is -2.10. The second-order valence-corrected chi connectivity index (χ2v) is 4.73. The van der Waals surface area contributed by atoms with E-state index in [4.69, 9.17) is 0 Å². The van der Waals surface area contributed by atoms with E-state index in [1.165, 1.54) is 23.1 Å². The van der Waals surface area contributed by atoms with Crippen molar-refractivity contribution >= 4 is 6.08 Å². The molecule has 0 heterocycles. The van der Waals surface area contributed by atoms with Crippen LogP contribution in [0.15, 0.2) is 68.3 Å². The van der Waals surface area contributed by atoms with E-state index in [2.05, 4.69) is 58.7 Å². The van der Waals surface area contributed by atoms with Crippen LogP contribution in [0.5, 0.6) is 0 Å². The van der Waals surface area contributed by atoms with Gasteiger partial charge in [-0.15, -0.1) is 13.2 Å². The zero-order valence-corrected chi connectivity index (χ0v) is 14.4. The average molecular weight is 294 g/mol. The summed E-state index contributed by atoms with van der Waals surface area (Å²) in [6.45, 7) is 16.3. The topological polar surface area (TPSA) is 0 Å². The average Bonchev–Trinajstić information content (AvgIpc) is 2.63. The van der Waals surface area contributed by atoms with Crippen molar-refractivity contribution in [2.24, 2.45) is 0 Å². The molecule has 0 aliphatic rings. The molecule has 0 unspecified atom stereocenters. The van der Waals surface area contributed by atoms with Crippen LogP contribution in [0.1, 0.15) is 43.0 Å². The smallest absolute Gasteiger partial charge is 0.0263 e. The Balaban J connectivity index is 0.000000382. The van der Waals surface area contributed by atoms with Crippen molar-refractivity contribution in [1.82, 2.24) is 0 Å². The Morgan fingerprint density at radius 1 is 0.727 bits per heavy atom. The van der Waals surface area contributed by atoms with Crippen LogP contribution in [0, 0.1) is 0 Å². The molecule has 0 aliphatic heterocycles. The normalized spacial score (nSPS) is 8.86. The Morgan fingerprint density at radius 2 is 1.23 bits per heavy atom. The molecule has 0 fully saturated rings. The van der Waals surface area contributed by atoms with Gasteiger partial charge in [0, 0.05) is 0 Å². The first-order valence-electron chi connectivity index (χ1n) is 8.03. The number of hydrogen-bond donors (Lipinski definition) is 0. The molecule has 0 bridgehead atoms. The molecule has 2 aromatic rings. The zero-order chi connectivity index (χ0) is 16.8. The van der Waals surface area contributed by atoms with Gasteiger partial charge in [-0.25, -0.2) is 0 Å². The SMILES string of the molecule is C=C.C=Cc1ccccc1.CCc1cccc(CC)c1CC. The fraction of sp³-hybridized carbons (Fsp3) is 0.273. The fourth-order valence-electron chi connectivity index (χ4n) is 2.39. The molecule has 0 nitrogen and oxygen atoms in total. The van der Waals surface area contributed by atoms with Gasteiger partial charge in [-0.3, -0.25) is 0 Å². The van der Waals surface area contributed by atoms with Gasteiger partial charge in [0.05, 0.1) is 0 Å². The third kappa shape index (κ3) is 6.58. The van der Waals surface area contributed by atoms with Crippen LogP contribution in [-0.2, 0) is 19.3 Å². The second kappa shape index (κ2) is 12.6. The molecule has 22 heavy (non-hydrogen) atoms. The second-order valence-electron chi connectivity index (χ2n) is 4.73. The lowest BCUT2D eigenvalue weighted by molar-refractivity contribution is 0.981. The maximum atomic E-state index is 3.63. The summed E-state index contributed by atoms with van der Waals surface area (Å²) in [5.41, 5.74) is 5.80. The highest BCUT2D eigenvalue weighted by Crippen LogP contribution is 2.16. The molecule has 0 heteroatoms. The van der Waals surface area contributed by atoms with Gasteiger partial charge in [0.1, 0.15) is 0 Å². The van der Waals surface area contributed by atoms with Crippen LogP contribution in [0.3, 0.4) is 0 Å². The molecule has 0 radical (unpaired) electrons. The summed E-state index contributed by atoms with van der Waals surface area (Å²) < 4.78 is 0. The first-order valence-corrected chi connectivity index (χ1v) is 8.03. The molecule has 2 rings (SSSR count). The van der Waals surface area contributed by atoms with Gasteiger partial charge in [0.15, 0.2) is 0 Å². The van der Waals surface area contributed by atoms with Crippen molar-refractivity contribution in [3.05, 3.63) is 90.5 Å².